The lowest BCUT2D eigenvalue weighted by molar-refractivity contribution is -0.155. The molecule has 7 nitrogen and oxygen atoms in total. The van der Waals surface area contributed by atoms with E-state index in [4.69, 9.17) is 18.9 Å². The molecule has 140 valence electrons. The zero-order valence-electron chi connectivity index (χ0n) is 15.3. The first-order chi connectivity index (χ1) is 11.4. The smallest absolute Gasteiger partial charge is 0.407 e. The molecule has 0 spiro atoms. The highest BCUT2D eigenvalue weighted by atomic mass is 16.6. The third kappa shape index (κ3) is 6.65. The highest BCUT2D eigenvalue weighted by Gasteiger charge is 2.38. The van der Waals surface area contributed by atoms with Crippen LogP contribution in [0.5, 0.6) is 0 Å². The van der Waals surface area contributed by atoms with Crippen molar-refractivity contribution in [3.8, 4) is 0 Å². The van der Waals surface area contributed by atoms with Gasteiger partial charge in [0.15, 0.2) is 0 Å². The van der Waals surface area contributed by atoms with Gasteiger partial charge in [-0.25, -0.2) is 4.79 Å². The van der Waals surface area contributed by atoms with Crippen molar-refractivity contribution in [2.45, 2.75) is 40.5 Å². The van der Waals surface area contributed by atoms with Crippen LogP contribution in [-0.2, 0) is 23.7 Å². The van der Waals surface area contributed by atoms with Gasteiger partial charge in [-0.2, -0.15) is 0 Å². The molecule has 7 heteroatoms. The second kappa shape index (κ2) is 9.84. The number of hydrogen-bond acceptors (Lipinski definition) is 6. The van der Waals surface area contributed by atoms with Gasteiger partial charge in [-0.1, -0.05) is 13.8 Å². The van der Waals surface area contributed by atoms with E-state index in [2.05, 4.69) is 12.2 Å². The molecule has 0 aromatic rings. The zero-order chi connectivity index (χ0) is 18.1. The Balaban J connectivity index is 1.98. The summed E-state index contributed by atoms with van der Waals surface area (Å²) in [7, 11) is 0. The van der Waals surface area contributed by atoms with Crippen LogP contribution in [-0.4, -0.2) is 58.2 Å². The van der Waals surface area contributed by atoms with Crippen LogP contribution in [0.3, 0.4) is 0 Å². The molecule has 0 aromatic carbocycles. The number of amides is 1. The number of nitrogens with one attached hydrogen (secondary N) is 1. The summed E-state index contributed by atoms with van der Waals surface area (Å²) in [5, 5.41) is 2.63. The topological polar surface area (TPSA) is 83.1 Å². The monoisotopic (exact) mass is 345 g/mol. The standard InChI is InChI=1S/C17H31NO6/c1-5-16(3,4)14(19)23-10-9-21-8-7-18-15(20)24-13-17(6-2)11-22-12-17/h5-13H2,1-4H3,(H,18,20). The third-order valence-corrected chi connectivity index (χ3v) is 4.49. The molecule has 0 aliphatic carbocycles. The Morgan fingerprint density at radius 3 is 2.38 bits per heavy atom. The van der Waals surface area contributed by atoms with Gasteiger partial charge in [-0.3, -0.25) is 4.79 Å². The number of esters is 1. The van der Waals surface area contributed by atoms with E-state index in [-0.39, 0.29) is 18.0 Å². The molecule has 1 aliphatic rings. The first-order valence-corrected chi connectivity index (χ1v) is 8.58. The maximum atomic E-state index is 11.7. The summed E-state index contributed by atoms with van der Waals surface area (Å²) < 4.78 is 20.8. The number of alkyl carbamates (subject to hydrolysis) is 1. The summed E-state index contributed by atoms with van der Waals surface area (Å²) in [4.78, 5) is 23.3. The van der Waals surface area contributed by atoms with Crippen LogP contribution in [0.1, 0.15) is 40.5 Å². The highest BCUT2D eigenvalue weighted by Crippen LogP contribution is 2.31. The Hall–Kier alpha value is -1.34. The first-order valence-electron chi connectivity index (χ1n) is 8.58. The van der Waals surface area contributed by atoms with Crippen molar-refractivity contribution in [2.24, 2.45) is 10.8 Å². The normalized spacial score (nSPS) is 16.2. The lowest BCUT2D eigenvalue weighted by Gasteiger charge is -2.39. The number of carbonyl (C=O) groups is 2. The molecular formula is C17H31NO6. The van der Waals surface area contributed by atoms with Crippen LogP contribution < -0.4 is 5.32 Å². The highest BCUT2D eigenvalue weighted by molar-refractivity contribution is 5.75. The van der Waals surface area contributed by atoms with Gasteiger partial charge in [-0.05, 0) is 26.7 Å². The molecule has 1 aliphatic heterocycles. The van der Waals surface area contributed by atoms with Crippen molar-refractivity contribution in [2.75, 3.05) is 46.2 Å². The lowest BCUT2D eigenvalue weighted by atomic mass is 9.84. The van der Waals surface area contributed by atoms with Gasteiger partial charge in [0, 0.05) is 6.54 Å². The Morgan fingerprint density at radius 1 is 1.12 bits per heavy atom. The van der Waals surface area contributed by atoms with E-state index in [1.54, 1.807) is 0 Å². The minimum absolute atomic E-state index is 0.00994. The summed E-state index contributed by atoms with van der Waals surface area (Å²) in [6.45, 7) is 10.6. The Morgan fingerprint density at radius 2 is 1.83 bits per heavy atom. The maximum absolute atomic E-state index is 11.7. The molecule has 0 unspecified atom stereocenters. The second-order valence-corrected chi connectivity index (χ2v) is 6.83. The largest absolute Gasteiger partial charge is 0.463 e. The molecule has 0 aromatic heterocycles. The molecule has 1 rings (SSSR count). The van der Waals surface area contributed by atoms with Gasteiger partial charge in [0.2, 0.25) is 0 Å². The zero-order valence-corrected chi connectivity index (χ0v) is 15.3. The van der Waals surface area contributed by atoms with Crippen molar-refractivity contribution < 1.29 is 28.5 Å². The van der Waals surface area contributed by atoms with E-state index in [1.165, 1.54) is 0 Å². The Bertz CT molecular complexity index is 400. The predicted molar refractivity (Wildman–Crippen MR) is 88.7 cm³/mol. The van der Waals surface area contributed by atoms with Crippen LogP contribution in [0.2, 0.25) is 0 Å². The summed E-state index contributed by atoms with van der Waals surface area (Å²) in [6, 6.07) is 0. The number of ether oxygens (including phenoxy) is 4. The molecular weight excluding hydrogens is 314 g/mol. The average molecular weight is 345 g/mol. The minimum Gasteiger partial charge on any atom is -0.463 e. The van der Waals surface area contributed by atoms with Crippen LogP contribution in [0.4, 0.5) is 4.79 Å². The SMILES string of the molecule is CCC1(COC(=O)NCCOCCOC(=O)C(C)(C)CC)COC1. The summed E-state index contributed by atoms with van der Waals surface area (Å²) in [6.07, 6.45) is 1.20. The van der Waals surface area contributed by atoms with E-state index in [9.17, 15) is 9.59 Å². The molecule has 0 saturated carbocycles. The number of hydrogen-bond donors (Lipinski definition) is 1. The first kappa shape index (κ1) is 20.7. The van der Waals surface area contributed by atoms with Gasteiger partial charge in [0.25, 0.3) is 0 Å². The van der Waals surface area contributed by atoms with Gasteiger partial charge < -0.3 is 24.3 Å². The quantitative estimate of drug-likeness (QED) is 0.456. The molecule has 24 heavy (non-hydrogen) atoms. The van der Waals surface area contributed by atoms with Crippen LogP contribution in [0.25, 0.3) is 0 Å². The van der Waals surface area contributed by atoms with E-state index in [0.29, 0.717) is 39.6 Å². The summed E-state index contributed by atoms with van der Waals surface area (Å²) in [5.41, 5.74) is -0.476. The van der Waals surface area contributed by atoms with Crippen molar-refractivity contribution in [3.05, 3.63) is 0 Å². The Labute approximate surface area is 144 Å². The molecule has 0 bridgehead atoms. The van der Waals surface area contributed by atoms with E-state index in [0.717, 1.165) is 12.8 Å². The van der Waals surface area contributed by atoms with E-state index < -0.39 is 11.5 Å². The molecule has 1 fully saturated rings. The molecule has 1 amide bonds. The van der Waals surface area contributed by atoms with Gasteiger partial charge >= 0.3 is 12.1 Å². The second-order valence-electron chi connectivity index (χ2n) is 6.83. The third-order valence-electron chi connectivity index (χ3n) is 4.49. The lowest BCUT2D eigenvalue weighted by Crippen LogP contribution is -2.47. The van der Waals surface area contributed by atoms with Crippen LogP contribution in [0.15, 0.2) is 0 Å². The van der Waals surface area contributed by atoms with Crippen LogP contribution >= 0.6 is 0 Å². The van der Waals surface area contributed by atoms with Crippen molar-refractivity contribution in [1.29, 1.82) is 0 Å². The summed E-state index contributed by atoms with van der Waals surface area (Å²) in [5.74, 6) is -0.222. The number of carbonyl (C=O) groups excluding carboxylic acids is 2. The van der Waals surface area contributed by atoms with Crippen LogP contribution in [0, 0.1) is 10.8 Å². The van der Waals surface area contributed by atoms with Crippen molar-refractivity contribution in [3.63, 3.8) is 0 Å². The minimum atomic E-state index is -0.466. The van der Waals surface area contributed by atoms with Crippen molar-refractivity contribution in [1.82, 2.24) is 5.32 Å². The predicted octanol–water partition coefficient (Wildman–Crippen LogP) is 2.14. The van der Waals surface area contributed by atoms with Gasteiger partial charge in [0.1, 0.15) is 13.2 Å². The Kier molecular flexibility index (Phi) is 8.48. The summed E-state index contributed by atoms with van der Waals surface area (Å²) >= 11 is 0. The fourth-order valence-corrected chi connectivity index (χ4v) is 1.91. The average Bonchev–Trinajstić information content (AvgIpc) is 2.53. The van der Waals surface area contributed by atoms with E-state index >= 15 is 0 Å². The van der Waals surface area contributed by atoms with Gasteiger partial charge in [-0.15, -0.1) is 0 Å². The molecule has 1 N–H and O–H groups in total. The molecule has 1 saturated heterocycles. The molecule has 0 radical (unpaired) electrons. The fraction of sp³-hybridized carbons (Fsp3) is 0.882. The van der Waals surface area contributed by atoms with Gasteiger partial charge in [0.05, 0.1) is 37.3 Å². The van der Waals surface area contributed by atoms with Crippen molar-refractivity contribution >= 4 is 12.1 Å². The fourth-order valence-electron chi connectivity index (χ4n) is 1.91. The number of rotatable bonds is 11. The maximum Gasteiger partial charge on any atom is 0.407 e. The molecule has 0 atom stereocenters. The molecule has 1 heterocycles. The van der Waals surface area contributed by atoms with E-state index in [1.807, 2.05) is 20.8 Å².